The summed E-state index contributed by atoms with van der Waals surface area (Å²) in [4.78, 5) is 0. The lowest BCUT2D eigenvalue weighted by Gasteiger charge is -2.13. The number of aryl methyl sites for hydroxylation is 2. The lowest BCUT2D eigenvalue weighted by molar-refractivity contribution is 0.280. The van der Waals surface area contributed by atoms with Crippen molar-refractivity contribution >= 4 is 0 Å². The van der Waals surface area contributed by atoms with Gasteiger partial charge in [0.15, 0.2) is 0 Å². The van der Waals surface area contributed by atoms with E-state index in [1.807, 2.05) is 26.0 Å². The third kappa shape index (κ3) is 3.24. The van der Waals surface area contributed by atoms with E-state index in [-0.39, 0.29) is 6.61 Å². The molecule has 0 unspecified atom stereocenters. The van der Waals surface area contributed by atoms with Crippen LogP contribution in [0.2, 0.25) is 0 Å². The quantitative estimate of drug-likeness (QED) is 0.754. The summed E-state index contributed by atoms with van der Waals surface area (Å²) in [5.74, 6) is 0.973. The van der Waals surface area contributed by atoms with E-state index < -0.39 is 0 Å². The van der Waals surface area contributed by atoms with E-state index in [2.05, 4.69) is 6.92 Å². The van der Waals surface area contributed by atoms with Crippen molar-refractivity contribution in [2.24, 2.45) is 0 Å². The van der Waals surface area contributed by atoms with Gasteiger partial charge in [-0.25, -0.2) is 0 Å². The first-order chi connectivity index (χ1) is 7.19. The van der Waals surface area contributed by atoms with Gasteiger partial charge in [0.1, 0.15) is 5.75 Å². The molecule has 0 aromatic heterocycles. The van der Waals surface area contributed by atoms with Crippen molar-refractivity contribution in [1.82, 2.24) is 0 Å². The molecule has 0 heterocycles. The molecule has 0 atom stereocenters. The fourth-order valence-corrected chi connectivity index (χ4v) is 1.68. The Morgan fingerprint density at radius 2 is 1.80 bits per heavy atom. The number of ether oxygens (including phenoxy) is 1. The highest BCUT2D eigenvalue weighted by Gasteiger charge is 2.05. The Bertz CT molecular complexity index is 295. The number of rotatable bonds is 5. The summed E-state index contributed by atoms with van der Waals surface area (Å²) in [6, 6.07) is 3.96. The first-order valence-electron chi connectivity index (χ1n) is 5.52. The van der Waals surface area contributed by atoms with E-state index in [0.29, 0.717) is 0 Å². The van der Waals surface area contributed by atoms with Crippen molar-refractivity contribution in [3.63, 3.8) is 0 Å². The van der Waals surface area contributed by atoms with Crippen LogP contribution in [0.25, 0.3) is 0 Å². The second-order valence-electron chi connectivity index (χ2n) is 3.92. The molecule has 0 radical (unpaired) electrons. The monoisotopic (exact) mass is 208 g/mol. The van der Waals surface area contributed by atoms with Gasteiger partial charge in [-0.1, -0.05) is 25.5 Å². The topological polar surface area (TPSA) is 29.5 Å². The number of aliphatic hydroxyl groups excluding tert-OH is 1. The van der Waals surface area contributed by atoms with Crippen LogP contribution >= 0.6 is 0 Å². The van der Waals surface area contributed by atoms with Crippen LogP contribution in [0.4, 0.5) is 0 Å². The molecule has 15 heavy (non-hydrogen) atoms. The molecule has 0 fully saturated rings. The molecule has 0 spiro atoms. The Morgan fingerprint density at radius 3 is 2.27 bits per heavy atom. The SMILES string of the molecule is CCCCOc1c(C)cc(CO)cc1C. The summed E-state index contributed by atoms with van der Waals surface area (Å²) in [5.41, 5.74) is 3.16. The van der Waals surface area contributed by atoms with Crippen LogP contribution in [0.3, 0.4) is 0 Å². The first-order valence-corrected chi connectivity index (χ1v) is 5.52. The Labute approximate surface area is 91.9 Å². The Kier molecular flexibility index (Phi) is 4.63. The smallest absolute Gasteiger partial charge is 0.125 e. The Hall–Kier alpha value is -1.02. The fourth-order valence-electron chi connectivity index (χ4n) is 1.68. The molecule has 0 amide bonds. The minimum absolute atomic E-state index is 0.0942. The molecule has 0 bridgehead atoms. The first kappa shape index (κ1) is 12.1. The maximum Gasteiger partial charge on any atom is 0.125 e. The molecule has 2 heteroatoms. The second-order valence-corrected chi connectivity index (χ2v) is 3.92. The van der Waals surface area contributed by atoms with Crippen molar-refractivity contribution < 1.29 is 9.84 Å². The molecule has 2 nitrogen and oxygen atoms in total. The number of aliphatic hydroxyl groups is 1. The maximum atomic E-state index is 9.05. The van der Waals surface area contributed by atoms with Gasteiger partial charge in [-0.3, -0.25) is 0 Å². The standard InChI is InChI=1S/C13H20O2/c1-4-5-6-15-13-10(2)7-12(9-14)8-11(13)3/h7-8,14H,4-6,9H2,1-3H3. The third-order valence-electron chi connectivity index (χ3n) is 2.45. The van der Waals surface area contributed by atoms with E-state index in [9.17, 15) is 0 Å². The van der Waals surface area contributed by atoms with Crippen molar-refractivity contribution in [3.8, 4) is 5.75 Å². The summed E-state index contributed by atoms with van der Waals surface area (Å²) >= 11 is 0. The third-order valence-corrected chi connectivity index (χ3v) is 2.45. The van der Waals surface area contributed by atoms with Gasteiger partial charge in [0.05, 0.1) is 13.2 Å². The van der Waals surface area contributed by atoms with E-state index in [4.69, 9.17) is 9.84 Å². The summed E-state index contributed by atoms with van der Waals surface area (Å²) in [7, 11) is 0. The van der Waals surface area contributed by atoms with Gasteiger partial charge in [-0.2, -0.15) is 0 Å². The maximum absolute atomic E-state index is 9.05. The van der Waals surface area contributed by atoms with Crippen LogP contribution < -0.4 is 4.74 Å². The van der Waals surface area contributed by atoms with Gasteiger partial charge in [0.25, 0.3) is 0 Å². The molecule has 1 aromatic carbocycles. The molecule has 0 aliphatic carbocycles. The molecule has 84 valence electrons. The molecule has 1 rings (SSSR count). The van der Waals surface area contributed by atoms with Crippen LogP contribution in [0.5, 0.6) is 5.75 Å². The highest BCUT2D eigenvalue weighted by atomic mass is 16.5. The molecule has 0 aliphatic heterocycles. The summed E-state index contributed by atoms with van der Waals surface area (Å²) < 4.78 is 5.73. The highest BCUT2D eigenvalue weighted by molar-refractivity contribution is 5.43. The van der Waals surface area contributed by atoms with E-state index in [0.717, 1.165) is 41.9 Å². The van der Waals surface area contributed by atoms with Crippen molar-refractivity contribution in [2.75, 3.05) is 6.61 Å². The van der Waals surface area contributed by atoms with Crippen LogP contribution in [-0.2, 0) is 6.61 Å². The number of unbranched alkanes of at least 4 members (excludes halogenated alkanes) is 1. The average Bonchev–Trinajstić information content (AvgIpc) is 2.22. The minimum Gasteiger partial charge on any atom is -0.493 e. The molecular formula is C13H20O2. The number of benzene rings is 1. The van der Waals surface area contributed by atoms with Crippen LogP contribution in [0.15, 0.2) is 12.1 Å². The zero-order valence-corrected chi connectivity index (χ0v) is 9.84. The minimum atomic E-state index is 0.0942. The number of hydrogen-bond donors (Lipinski definition) is 1. The second kappa shape index (κ2) is 5.76. The summed E-state index contributed by atoms with van der Waals surface area (Å²) in [6.45, 7) is 7.06. The van der Waals surface area contributed by atoms with Gasteiger partial charge < -0.3 is 9.84 Å². The zero-order valence-electron chi connectivity index (χ0n) is 9.84. The molecule has 1 aromatic rings. The van der Waals surface area contributed by atoms with Gasteiger partial charge in [-0.05, 0) is 37.0 Å². The van der Waals surface area contributed by atoms with Crippen molar-refractivity contribution in [1.29, 1.82) is 0 Å². The highest BCUT2D eigenvalue weighted by Crippen LogP contribution is 2.25. The fraction of sp³-hybridized carbons (Fsp3) is 0.538. The predicted molar refractivity (Wildman–Crippen MR) is 62.2 cm³/mol. The lowest BCUT2D eigenvalue weighted by Crippen LogP contribution is -2.01. The van der Waals surface area contributed by atoms with E-state index in [1.54, 1.807) is 0 Å². The molecule has 1 N–H and O–H groups in total. The molecule has 0 saturated heterocycles. The summed E-state index contributed by atoms with van der Waals surface area (Å²) in [5, 5.41) is 9.05. The lowest BCUT2D eigenvalue weighted by atomic mass is 10.1. The van der Waals surface area contributed by atoms with E-state index >= 15 is 0 Å². The largest absolute Gasteiger partial charge is 0.493 e. The van der Waals surface area contributed by atoms with Gasteiger partial charge in [0.2, 0.25) is 0 Å². The van der Waals surface area contributed by atoms with Gasteiger partial charge in [0, 0.05) is 0 Å². The Morgan fingerprint density at radius 1 is 1.20 bits per heavy atom. The molecule has 0 aliphatic rings. The van der Waals surface area contributed by atoms with Crippen LogP contribution in [0, 0.1) is 13.8 Å². The molecular weight excluding hydrogens is 188 g/mol. The average molecular weight is 208 g/mol. The summed E-state index contributed by atoms with van der Waals surface area (Å²) in [6.07, 6.45) is 2.23. The zero-order chi connectivity index (χ0) is 11.3. The van der Waals surface area contributed by atoms with Gasteiger partial charge in [-0.15, -0.1) is 0 Å². The van der Waals surface area contributed by atoms with E-state index in [1.165, 1.54) is 0 Å². The number of hydrogen-bond acceptors (Lipinski definition) is 2. The molecule has 0 saturated carbocycles. The van der Waals surface area contributed by atoms with Crippen LogP contribution in [0.1, 0.15) is 36.5 Å². The van der Waals surface area contributed by atoms with Crippen molar-refractivity contribution in [2.45, 2.75) is 40.2 Å². The van der Waals surface area contributed by atoms with Crippen LogP contribution in [-0.4, -0.2) is 11.7 Å². The Balaban J connectivity index is 2.79. The predicted octanol–water partition coefficient (Wildman–Crippen LogP) is 2.97. The van der Waals surface area contributed by atoms with Crippen molar-refractivity contribution in [3.05, 3.63) is 28.8 Å². The normalized spacial score (nSPS) is 10.4. The van der Waals surface area contributed by atoms with Gasteiger partial charge >= 0.3 is 0 Å².